The van der Waals surface area contributed by atoms with Gasteiger partial charge >= 0.3 is 0 Å². The minimum atomic E-state index is 0.709. The lowest BCUT2D eigenvalue weighted by molar-refractivity contribution is 0.762. The molecule has 6 heteroatoms. The molecule has 0 aliphatic carbocycles. The fraction of sp³-hybridized carbons (Fsp3) is 0.118. The molecule has 3 aromatic rings. The van der Waals surface area contributed by atoms with Crippen molar-refractivity contribution in [1.82, 2.24) is 14.9 Å². The van der Waals surface area contributed by atoms with Gasteiger partial charge in [0.2, 0.25) is 5.16 Å². The van der Waals surface area contributed by atoms with Crippen molar-refractivity contribution >= 4 is 29.1 Å². The van der Waals surface area contributed by atoms with E-state index in [2.05, 4.69) is 23.2 Å². The second-order valence-corrected chi connectivity index (χ2v) is 6.60. The van der Waals surface area contributed by atoms with Gasteiger partial charge < -0.3 is 0 Å². The molecule has 0 fully saturated rings. The SMILES string of the molecule is Cc1ccccc1-c1nnc2n1N=C(c1ccccc1Cl)CS2. The Balaban J connectivity index is 1.85. The average Bonchev–Trinajstić information content (AvgIpc) is 2.99. The van der Waals surface area contributed by atoms with Gasteiger partial charge in [-0.3, -0.25) is 0 Å². The number of aromatic nitrogens is 3. The maximum atomic E-state index is 6.31. The third-order valence-electron chi connectivity index (χ3n) is 3.74. The smallest absolute Gasteiger partial charge is 0.187 e. The fourth-order valence-corrected chi connectivity index (χ4v) is 3.62. The van der Waals surface area contributed by atoms with E-state index in [0.717, 1.165) is 39.1 Å². The number of hydrogen-bond acceptors (Lipinski definition) is 4. The molecule has 4 nitrogen and oxygen atoms in total. The number of nitrogens with zero attached hydrogens (tertiary/aromatic N) is 4. The van der Waals surface area contributed by atoms with Crippen LogP contribution in [-0.2, 0) is 0 Å². The fourth-order valence-electron chi connectivity index (χ4n) is 2.55. The van der Waals surface area contributed by atoms with E-state index in [9.17, 15) is 0 Å². The predicted molar refractivity (Wildman–Crippen MR) is 94.3 cm³/mol. The van der Waals surface area contributed by atoms with Crippen molar-refractivity contribution in [2.75, 3.05) is 5.75 Å². The van der Waals surface area contributed by atoms with E-state index in [1.54, 1.807) is 11.8 Å². The van der Waals surface area contributed by atoms with Gasteiger partial charge in [-0.2, -0.15) is 9.78 Å². The number of rotatable bonds is 2. The van der Waals surface area contributed by atoms with Gasteiger partial charge in [0.1, 0.15) is 0 Å². The number of halogens is 1. The highest BCUT2D eigenvalue weighted by molar-refractivity contribution is 7.99. The molecular weight excluding hydrogens is 328 g/mol. The van der Waals surface area contributed by atoms with E-state index in [4.69, 9.17) is 16.7 Å². The molecule has 2 aromatic carbocycles. The van der Waals surface area contributed by atoms with Crippen LogP contribution in [0.5, 0.6) is 0 Å². The topological polar surface area (TPSA) is 43.1 Å². The molecule has 1 aromatic heterocycles. The summed E-state index contributed by atoms with van der Waals surface area (Å²) < 4.78 is 1.81. The molecule has 4 rings (SSSR count). The van der Waals surface area contributed by atoms with Crippen LogP contribution in [0.4, 0.5) is 0 Å². The third kappa shape index (κ3) is 2.56. The van der Waals surface area contributed by atoms with Crippen molar-refractivity contribution in [3.8, 4) is 11.4 Å². The highest BCUT2D eigenvalue weighted by atomic mass is 35.5. The first-order chi connectivity index (χ1) is 11.2. The normalized spacial score (nSPS) is 13.6. The molecule has 0 bridgehead atoms. The van der Waals surface area contributed by atoms with Crippen LogP contribution in [0.3, 0.4) is 0 Å². The molecule has 0 unspecified atom stereocenters. The Morgan fingerprint density at radius 3 is 2.52 bits per heavy atom. The minimum Gasteiger partial charge on any atom is -0.187 e. The molecule has 2 heterocycles. The van der Waals surface area contributed by atoms with Gasteiger partial charge in [-0.05, 0) is 18.6 Å². The quantitative estimate of drug-likeness (QED) is 0.700. The van der Waals surface area contributed by atoms with Crippen LogP contribution >= 0.6 is 23.4 Å². The molecule has 0 amide bonds. The third-order valence-corrected chi connectivity index (χ3v) is 5.00. The first kappa shape index (κ1) is 14.5. The summed E-state index contributed by atoms with van der Waals surface area (Å²) in [4.78, 5) is 0. The Morgan fingerprint density at radius 2 is 1.74 bits per heavy atom. The highest BCUT2D eigenvalue weighted by Crippen LogP contribution is 2.30. The first-order valence-electron chi connectivity index (χ1n) is 7.21. The summed E-state index contributed by atoms with van der Waals surface area (Å²) in [6, 6.07) is 15.9. The molecule has 0 saturated carbocycles. The van der Waals surface area contributed by atoms with Crippen molar-refractivity contribution in [1.29, 1.82) is 0 Å². The van der Waals surface area contributed by atoms with Gasteiger partial charge in [0.15, 0.2) is 5.82 Å². The van der Waals surface area contributed by atoms with Crippen molar-refractivity contribution in [3.63, 3.8) is 0 Å². The summed E-state index contributed by atoms with van der Waals surface area (Å²) in [5.41, 5.74) is 4.07. The van der Waals surface area contributed by atoms with E-state index < -0.39 is 0 Å². The molecule has 23 heavy (non-hydrogen) atoms. The maximum absolute atomic E-state index is 6.31. The van der Waals surface area contributed by atoms with Crippen LogP contribution in [0.1, 0.15) is 11.1 Å². The van der Waals surface area contributed by atoms with Crippen LogP contribution < -0.4 is 0 Å². The van der Waals surface area contributed by atoms with Crippen molar-refractivity contribution in [2.45, 2.75) is 12.1 Å². The molecular formula is C17H13ClN4S. The van der Waals surface area contributed by atoms with Gasteiger partial charge in [-0.1, -0.05) is 65.8 Å². The zero-order valence-corrected chi connectivity index (χ0v) is 14.0. The predicted octanol–water partition coefficient (Wildman–Crippen LogP) is 4.27. The molecule has 0 N–H and O–H groups in total. The average molecular weight is 341 g/mol. The summed E-state index contributed by atoms with van der Waals surface area (Å²) in [7, 11) is 0. The van der Waals surface area contributed by atoms with Crippen molar-refractivity contribution < 1.29 is 0 Å². The lowest BCUT2D eigenvalue weighted by Crippen LogP contribution is -2.14. The van der Waals surface area contributed by atoms with Crippen LogP contribution in [0.2, 0.25) is 5.02 Å². The lowest BCUT2D eigenvalue weighted by atomic mass is 10.1. The second-order valence-electron chi connectivity index (χ2n) is 5.25. The van der Waals surface area contributed by atoms with Crippen LogP contribution in [0, 0.1) is 6.92 Å². The molecule has 114 valence electrons. The Kier molecular flexibility index (Phi) is 3.67. The zero-order chi connectivity index (χ0) is 15.8. The molecule has 0 spiro atoms. The summed E-state index contributed by atoms with van der Waals surface area (Å²) in [5, 5.41) is 14.9. The van der Waals surface area contributed by atoms with E-state index in [1.807, 2.05) is 47.1 Å². The van der Waals surface area contributed by atoms with E-state index in [-0.39, 0.29) is 0 Å². The summed E-state index contributed by atoms with van der Waals surface area (Å²) >= 11 is 7.93. The Morgan fingerprint density at radius 1 is 1.00 bits per heavy atom. The van der Waals surface area contributed by atoms with Gasteiger partial charge in [0, 0.05) is 21.9 Å². The maximum Gasteiger partial charge on any atom is 0.212 e. The zero-order valence-electron chi connectivity index (χ0n) is 12.4. The van der Waals surface area contributed by atoms with Gasteiger partial charge in [0.25, 0.3) is 0 Å². The standard InChI is InChI=1S/C17H13ClN4S/c1-11-6-2-3-7-12(11)16-19-20-17-22(16)21-15(10-23-17)13-8-4-5-9-14(13)18/h2-9H,10H2,1H3. The first-order valence-corrected chi connectivity index (χ1v) is 8.57. The Labute approximate surface area is 143 Å². The van der Waals surface area contributed by atoms with Crippen LogP contribution in [0.15, 0.2) is 58.8 Å². The molecule has 0 saturated heterocycles. The molecule has 0 radical (unpaired) electrons. The lowest BCUT2D eigenvalue weighted by Gasteiger charge is -2.15. The molecule has 0 atom stereocenters. The van der Waals surface area contributed by atoms with Crippen LogP contribution in [-0.4, -0.2) is 26.3 Å². The molecule has 1 aliphatic rings. The van der Waals surface area contributed by atoms with Gasteiger partial charge in [0.05, 0.1) is 5.71 Å². The molecule has 1 aliphatic heterocycles. The van der Waals surface area contributed by atoms with E-state index >= 15 is 0 Å². The highest BCUT2D eigenvalue weighted by Gasteiger charge is 2.22. The van der Waals surface area contributed by atoms with Crippen molar-refractivity contribution in [2.24, 2.45) is 5.10 Å². The summed E-state index contributed by atoms with van der Waals surface area (Å²) in [6.07, 6.45) is 0. The Bertz CT molecular complexity index is 916. The number of fused-ring (bicyclic) bond motifs is 1. The van der Waals surface area contributed by atoms with Gasteiger partial charge in [-0.25, -0.2) is 0 Å². The van der Waals surface area contributed by atoms with E-state index in [0.29, 0.717) is 5.02 Å². The number of hydrogen-bond donors (Lipinski definition) is 0. The second kappa shape index (κ2) is 5.83. The minimum absolute atomic E-state index is 0.709. The number of aryl methyl sites for hydroxylation is 1. The largest absolute Gasteiger partial charge is 0.212 e. The number of benzene rings is 2. The monoisotopic (exact) mass is 340 g/mol. The van der Waals surface area contributed by atoms with Crippen molar-refractivity contribution in [3.05, 3.63) is 64.7 Å². The summed E-state index contributed by atoms with van der Waals surface area (Å²) in [5.74, 6) is 1.49. The van der Waals surface area contributed by atoms with E-state index in [1.165, 1.54) is 0 Å². The Hall–Kier alpha value is -2.11. The van der Waals surface area contributed by atoms with Crippen LogP contribution in [0.25, 0.3) is 11.4 Å². The van der Waals surface area contributed by atoms with Gasteiger partial charge in [-0.15, -0.1) is 10.2 Å². The summed E-state index contributed by atoms with van der Waals surface area (Å²) in [6.45, 7) is 2.06. The number of thioether (sulfide) groups is 1.